The average Bonchev–Trinajstić information content (AvgIpc) is 2.74. The summed E-state index contributed by atoms with van der Waals surface area (Å²) in [6.45, 7) is 1.12. The monoisotopic (exact) mass is 433 g/mol. The van der Waals surface area contributed by atoms with Gasteiger partial charge >= 0.3 is 0 Å². The van der Waals surface area contributed by atoms with E-state index in [1.807, 2.05) is 18.2 Å². The van der Waals surface area contributed by atoms with Crippen LogP contribution in [0.4, 0.5) is 4.39 Å². The molecule has 0 aliphatic heterocycles. The molecule has 0 bridgehead atoms. The number of methoxy groups -OCH3 is 1. The fraction of sp³-hybridized carbons (Fsp3) is 0.435. The van der Waals surface area contributed by atoms with Crippen molar-refractivity contribution in [2.75, 3.05) is 19.4 Å². The number of carbonyl (C=O) groups excluding carboxylic acids is 1. The number of benzene rings is 2. The first-order valence-corrected chi connectivity index (χ1v) is 11.9. The quantitative estimate of drug-likeness (QED) is 0.623. The number of ketones is 1. The predicted molar refractivity (Wildman–Crippen MR) is 116 cm³/mol. The number of hydrogen-bond donors (Lipinski definition) is 1. The molecule has 2 aromatic carbocycles. The van der Waals surface area contributed by atoms with Crippen molar-refractivity contribution in [2.24, 2.45) is 5.92 Å². The lowest BCUT2D eigenvalue weighted by Gasteiger charge is -2.21. The Labute approximate surface area is 177 Å². The molecule has 30 heavy (non-hydrogen) atoms. The van der Waals surface area contributed by atoms with E-state index in [1.54, 1.807) is 26.2 Å². The lowest BCUT2D eigenvalue weighted by molar-refractivity contribution is 0.0993. The van der Waals surface area contributed by atoms with Gasteiger partial charge in [0.25, 0.3) is 0 Å². The molecule has 1 aliphatic rings. The number of rotatable bonds is 8. The minimum atomic E-state index is -3.59. The first-order valence-electron chi connectivity index (χ1n) is 10.2. The maximum Gasteiger partial charge on any atom is 0.212 e. The van der Waals surface area contributed by atoms with Gasteiger partial charge in [-0.1, -0.05) is 37.5 Å². The number of aryl methyl sites for hydroxylation is 1. The second-order valence-corrected chi connectivity index (χ2v) is 9.74. The van der Waals surface area contributed by atoms with Crippen LogP contribution in [0.15, 0.2) is 36.4 Å². The minimum Gasteiger partial charge on any atom is -0.496 e. The molecule has 0 radical (unpaired) electrons. The molecule has 1 N–H and O–H groups in total. The number of halogens is 1. The Hall–Kier alpha value is -2.25. The number of Topliss-reactive ketones (excluding diaryl/α,β-unsaturated/α-hetero) is 1. The standard InChI is InChI=1S/C23H28FNO4S/c1-16-12-18(19-10-6-7-11-22(19)29-2)13-20(23(16)24)21(26)14-25-30(27,28)15-17-8-4-3-5-9-17/h6-7,10-13,17,25H,3-5,8-9,14-15H2,1-2H3. The van der Waals surface area contributed by atoms with E-state index in [-0.39, 0.29) is 17.2 Å². The lowest BCUT2D eigenvalue weighted by Crippen LogP contribution is -2.34. The summed E-state index contributed by atoms with van der Waals surface area (Å²) in [5, 5.41) is 0. The van der Waals surface area contributed by atoms with Crippen molar-refractivity contribution < 1.29 is 22.3 Å². The van der Waals surface area contributed by atoms with E-state index in [2.05, 4.69) is 4.72 Å². The van der Waals surface area contributed by atoms with Gasteiger partial charge < -0.3 is 4.74 Å². The minimum absolute atomic E-state index is 0.0169. The maximum atomic E-state index is 14.7. The summed E-state index contributed by atoms with van der Waals surface area (Å²) in [6.07, 6.45) is 5.01. The Kier molecular flexibility index (Phi) is 7.26. The van der Waals surface area contributed by atoms with Crippen molar-refractivity contribution in [1.29, 1.82) is 0 Å². The number of nitrogens with one attached hydrogen (secondary N) is 1. The average molecular weight is 434 g/mol. The number of hydrogen-bond acceptors (Lipinski definition) is 4. The molecule has 3 rings (SSSR count). The summed E-state index contributed by atoms with van der Waals surface area (Å²) >= 11 is 0. The zero-order chi connectivity index (χ0) is 21.7. The Bertz CT molecular complexity index is 1010. The van der Waals surface area contributed by atoms with Gasteiger partial charge in [0.1, 0.15) is 11.6 Å². The topological polar surface area (TPSA) is 72.5 Å². The van der Waals surface area contributed by atoms with E-state index in [9.17, 15) is 17.6 Å². The Morgan fingerprint density at radius 1 is 1.17 bits per heavy atom. The van der Waals surface area contributed by atoms with E-state index in [1.165, 1.54) is 6.07 Å². The van der Waals surface area contributed by atoms with Crippen LogP contribution in [0.2, 0.25) is 0 Å². The zero-order valence-electron chi connectivity index (χ0n) is 17.4. The van der Waals surface area contributed by atoms with Crippen molar-refractivity contribution >= 4 is 15.8 Å². The molecule has 0 spiro atoms. The predicted octanol–water partition coefficient (Wildman–Crippen LogP) is 4.49. The highest BCUT2D eigenvalue weighted by Gasteiger charge is 2.23. The Morgan fingerprint density at radius 2 is 1.87 bits per heavy atom. The van der Waals surface area contributed by atoms with Gasteiger partial charge in [-0.3, -0.25) is 4.79 Å². The SMILES string of the molecule is COc1ccccc1-c1cc(C)c(F)c(C(=O)CNS(=O)(=O)CC2CCCCC2)c1. The molecule has 0 atom stereocenters. The van der Waals surface area contributed by atoms with Crippen LogP contribution in [0.25, 0.3) is 11.1 Å². The van der Waals surface area contributed by atoms with Gasteiger partial charge in [0.15, 0.2) is 5.78 Å². The molecular weight excluding hydrogens is 405 g/mol. The molecule has 0 saturated heterocycles. The molecule has 0 aromatic heterocycles. The lowest BCUT2D eigenvalue weighted by atomic mass is 9.91. The number of para-hydroxylation sites is 1. The van der Waals surface area contributed by atoms with E-state index in [0.717, 1.165) is 37.7 Å². The third-order valence-corrected chi connectivity index (χ3v) is 7.10. The highest BCUT2D eigenvalue weighted by Crippen LogP contribution is 2.32. The van der Waals surface area contributed by atoms with Gasteiger partial charge in [-0.15, -0.1) is 0 Å². The molecule has 2 aromatic rings. The van der Waals surface area contributed by atoms with Crippen LogP contribution in [-0.2, 0) is 10.0 Å². The summed E-state index contributed by atoms with van der Waals surface area (Å²) < 4.78 is 47.2. The van der Waals surface area contributed by atoms with Crippen LogP contribution in [0.5, 0.6) is 5.75 Å². The molecule has 0 amide bonds. The van der Waals surface area contributed by atoms with Gasteiger partial charge in [-0.2, -0.15) is 0 Å². The summed E-state index contributed by atoms with van der Waals surface area (Å²) in [7, 11) is -2.05. The van der Waals surface area contributed by atoms with Crippen LogP contribution >= 0.6 is 0 Å². The van der Waals surface area contributed by atoms with Crippen LogP contribution < -0.4 is 9.46 Å². The number of sulfonamides is 1. The van der Waals surface area contributed by atoms with E-state index in [0.29, 0.717) is 16.9 Å². The van der Waals surface area contributed by atoms with Crippen LogP contribution in [0.1, 0.15) is 48.0 Å². The van der Waals surface area contributed by atoms with Crippen molar-refractivity contribution in [3.63, 3.8) is 0 Å². The van der Waals surface area contributed by atoms with Gasteiger partial charge in [0.05, 0.1) is 25.0 Å². The molecule has 162 valence electrons. The van der Waals surface area contributed by atoms with E-state index >= 15 is 0 Å². The summed E-state index contributed by atoms with van der Waals surface area (Å²) in [5.74, 6) is -0.484. The van der Waals surface area contributed by atoms with Crippen LogP contribution in [0.3, 0.4) is 0 Å². The second kappa shape index (κ2) is 9.71. The Morgan fingerprint density at radius 3 is 2.57 bits per heavy atom. The molecule has 1 saturated carbocycles. The maximum absolute atomic E-state index is 14.7. The van der Waals surface area contributed by atoms with Crippen molar-refractivity contribution in [3.8, 4) is 16.9 Å². The second-order valence-electron chi connectivity index (χ2n) is 7.88. The number of carbonyl (C=O) groups is 1. The smallest absolute Gasteiger partial charge is 0.212 e. The molecule has 1 aliphatic carbocycles. The molecule has 0 unspecified atom stereocenters. The normalized spacial score (nSPS) is 15.2. The highest BCUT2D eigenvalue weighted by atomic mass is 32.2. The fourth-order valence-corrected chi connectivity index (χ4v) is 5.43. The Balaban J connectivity index is 1.77. The van der Waals surface area contributed by atoms with Crippen molar-refractivity contribution in [3.05, 3.63) is 53.3 Å². The summed E-state index contributed by atoms with van der Waals surface area (Å²) in [4.78, 5) is 12.7. The largest absolute Gasteiger partial charge is 0.496 e. The van der Waals surface area contributed by atoms with Crippen LogP contribution in [-0.4, -0.2) is 33.6 Å². The molecule has 0 heterocycles. The number of ether oxygens (including phenoxy) is 1. The summed E-state index contributed by atoms with van der Waals surface area (Å²) in [5.41, 5.74) is 1.55. The van der Waals surface area contributed by atoms with Crippen LogP contribution in [0, 0.1) is 18.7 Å². The van der Waals surface area contributed by atoms with Gasteiger partial charge in [-0.05, 0) is 55.0 Å². The highest BCUT2D eigenvalue weighted by molar-refractivity contribution is 7.89. The first-order chi connectivity index (χ1) is 14.3. The third-order valence-electron chi connectivity index (χ3n) is 5.61. The van der Waals surface area contributed by atoms with Gasteiger partial charge in [0, 0.05) is 5.56 Å². The fourth-order valence-electron chi connectivity index (χ4n) is 4.00. The first kappa shape index (κ1) is 22.4. The van der Waals surface area contributed by atoms with E-state index in [4.69, 9.17) is 4.74 Å². The molecular formula is C23H28FNO4S. The van der Waals surface area contributed by atoms with E-state index < -0.39 is 28.2 Å². The zero-order valence-corrected chi connectivity index (χ0v) is 18.2. The molecule has 7 heteroatoms. The van der Waals surface area contributed by atoms with Gasteiger partial charge in [-0.25, -0.2) is 17.5 Å². The van der Waals surface area contributed by atoms with Gasteiger partial charge in [0.2, 0.25) is 10.0 Å². The van der Waals surface area contributed by atoms with Crippen molar-refractivity contribution in [1.82, 2.24) is 4.72 Å². The third kappa shape index (κ3) is 5.46. The summed E-state index contributed by atoms with van der Waals surface area (Å²) in [6, 6.07) is 10.4. The van der Waals surface area contributed by atoms with Crippen molar-refractivity contribution in [2.45, 2.75) is 39.0 Å². The molecule has 5 nitrogen and oxygen atoms in total. The molecule has 1 fully saturated rings.